The first kappa shape index (κ1) is 10.7. The summed E-state index contributed by atoms with van der Waals surface area (Å²) in [6.45, 7) is 0. The first-order chi connectivity index (χ1) is 8.08. The summed E-state index contributed by atoms with van der Waals surface area (Å²) in [5.41, 5.74) is 15.3. The Balaban J connectivity index is 1.90. The number of hydrogen-bond acceptors (Lipinski definition) is 3. The fraction of sp³-hybridized carbons (Fsp3) is 0.462. The average molecular weight is 231 g/mol. The third kappa shape index (κ3) is 1.83. The van der Waals surface area contributed by atoms with Gasteiger partial charge in [0.1, 0.15) is 0 Å². The summed E-state index contributed by atoms with van der Waals surface area (Å²) >= 11 is 0. The molecule has 0 aromatic heterocycles. The van der Waals surface area contributed by atoms with Gasteiger partial charge in [-0.05, 0) is 36.5 Å². The maximum atomic E-state index is 11.3. The smallest absolute Gasteiger partial charge is 0.224 e. The molecule has 1 unspecified atom stereocenters. The molecule has 4 nitrogen and oxygen atoms in total. The van der Waals surface area contributed by atoms with Gasteiger partial charge in [-0.3, -0.25) is 4.79 Å². The summed E-state index contributed by atoms with van der Waals surface area (Å²) in [5, 5.41) is 2.87. The maximum absolute atomic E-state index is 11.3. The molecule has 2 aliphatic rings. The number of fused-ring (bicyclic) bond motifs is 1. The lowest BCUT2D eigenvalue weighted by Crippen LogP contribution is -2.36. The Morgan fingerprint density at radius 2 is 2.06 bits per heavy atom. The number of carbonyl (C=O) groups excluding carboxylic acids is 1. The summed E-state index contributed by atoms with van der Waals surface area (Å²) in [7, 11) is 0. The SMILES string of the molecule is NC(c1ccc2c(c1)CCC(=O)N2)C1(N)CC1. The topological polar surface area (TPSA) is 81.1 Å². The van der Waals surface area contributed by atoms with Gasteiger partial charge in [0.05, 0.1) is 0 Å². The lowest BCUT2D eigenvalue weighted by molar-refractivity contribution is -0.116. The van der Waals surface area contributed by atoms with E-state index in [1.165, 1.54) is 5.56 Å². The highest BCUT2D eigenvalue weighted by Gasteiger charge is 2.44. The summed E-state index contributed by atoms with van der Waals surface area (Å²) in [5.74, 6) is 0.0898. The van der Waals surface area contributed by atoms with E-state index in [0.29, 0.717) is 6.42 Å². The van der Waals surface area contributed by atoms with Crippen LogP contribution >= 0.6 is 0 Å². The van der Waals surface area contributed by atoms with Crippen LogP contribution in [0.4, 0.5) is 5.69 Å². The molecule has 1 aromatic carbocycles. The second kappa shape index (κ2) is 3.55. The molecule has 1 atom stereocenters. The summed E-state index contributed by atoms with van der Waals surface area (Å²) in [4.78, 5) is 11.3. The molecular formula is C13H17N3O. The van der Waals surface area contributed by atoms with Crippen molar-refractivity contribution in [3.05, 3.63) is 29.3 Å². The molecule has 1 aromatic rings. The van der Waals surface area contributed by atoms with E-state index in [2.05, 4.69) is 11.4 Å². The van der Waals surface area contributed by atoms with Crippen molar-refractivity contribution in [2.75, 3.05) is 5.32 Å². The van der Waals surface area contributed by atoms with Gasteiger partial charge in [-0.15, -0.1) is 0 Å². The second-order valence-electron chi connectivity index (χ2n) is 5.18. The highest BCUT2D eigenvalue weighted by atomic mass is 16.1. The maximum Gasteiger partial charge on any atom is 0.224 e. The van der Waals surface area contributed by atoms with Crippen LogP contribution in [0, 0.1) is 0 Å². The van der Waals surface area contributed by atoms with Gasteiger partial charge >= 0.3 is 0 Å². The monoisotopic (exact) mass is 231 g/mol. The van der Waals surface area contributed by atoms with Gasteiger partial charge in [0.25, 0.3) is 0 Å². The Bertz CT molecular complexity index is 480. The number of nitrogens with two attached hydrogens (primary N) is 2. The van der Waals surface area contributed by atoms with E-state index in [4.69, 9.17) is 11.5 Å². The molecule has 90 valence electrons. The van der Waals surface area contributed by atoms with Crippen LogP contribution in [0.2, 0.25) is 0 Å². The summed E-state index contributed by atoms with van der Waals surface area (Å²) in [6, 6.07) is 5.91. The van der Waals surface area contributed by atoms with Crippen molar-refractivity contribution in [2.45, 2.75) is 37.3 Å². The normalized spacial score (nSPS) is 22.6. The van der Waals surface area contributed by atoms with Crippen molar-refractivity contribution in [3.8, 4) is 0 Å². The molecule has 1 heterocycles. The minimum Gasteiger partial charge on any atom is -0.326 e. The number of carbonyl (C=O) groups is 1. The lowest BCUT2D eigenvalue weighted by Gasteiger charge is -2.23. The number of nitrogens with one attached hydrogen (secondary N) is 1. The van der Waals surface area contributed by atoms with Crippen LogP contribution in [0.5, 0.6) is 0 Å². The van der Waals surface area contributed by atoms with Gasteiger partial charge in [0, 0.05) is 23.7 Å². The molecule has 1 fully saturated rings. The Kier molecular flexibility index (Phi) is 2.24. The zero-order valence-electron chi connectivity index (χ0n) is 9.70. The van der Waals surface area contributed by atoms with Crippen LogP contribution in [0.25, 0.3) is 0 Å². The van der Waals surface area contributed by atoms with Crippen molar-refractivity contribution < 1.29 is 4.79 Å². The van der Waals surface area contributed by atoms with Gasteiger partial charge in [0.15, 0.2) is 0 Å². The van der Waals surface area contributed by atoms with Crippen molar-refractivity contribution in [1.29, 1.82) is 0 Å². The number of aryl methyl sites for hydroxylation is 1. The van der Waals surface area contributed by atoms with Crippen LogP contribution in [0.3, 0.4) is 0 Å². The highest BCUT2D eigenvalue weighted by molar-refractivity contribution is 5.93. The molecular weight excluding hydrogens is 214 g/mol. The standard InChI is InChI=1S/C13H17N3O/c14-12(13(15)5-6-13)9-1-3-10-8(7-9)2-4-11(17)16-10/h1,3,7,12H,2,4-6,14-15H2,(H,16,17). The number of benzene rings is 1. The zero-order chi connectivity index (χ0) is 12.0. The Morgan fingerprint density at radius 1 is 1.29 bits per heavy atom. The minimum absolute atomic E-state index is 0.0898. The predicted octanol–water partition coefficient (Wildman–Crippen LogP) is 1.06. The van der Waals surface area contributed by atoms with E-state index in [9.17, 15) is 4.79 Å². The predicted molar refractivity (Wildman–Crippen MR) is 66.5 cm³/mol. The van der Waals surface area contributed by atoms with Crippen LogP contribution < -0.4 is 16.8 Å². The first-order valence-electron chi connectivity index (χ1n) is 6.06. The van der Waals surface area contributed by atoms with E-state index in [1.807, 2.05) is 12.1 Å². The molecule has 17 heavy (non-hydrogen) atoms. The molecule has 4 heteroatoms. The summed E-state index contributed by atoms with van der Waals surface area (Å²) in [6.07, 6.45) is 3.35. The van der Waals surface area contributed by atoms with Crippen molar-refractivity contribution in [3.63, 3.8) is 0 Å². The molecule has 5 N–H and O–H groups in total. The third-order valence-electron chi connectivity index (χ3n) is 3.83. The number of hydrogen-bond donors (Lipinski definition) is 3. The Hall–Kier alpha value is -1.39. The van der Waals surface area contributed by atoms with Gasteiger partial charge in [0.2, 0.25) is 5.91 Å². The fourth-order valence-electron chi connectivity index (χ4n) is 2.38. The summed E-state index contributed by atoms with van der Waals surface area (Å²) < 4.78 is 0. The third-order valence-corrected chi connectivity index (χ3v) is 3.83. The Labute approximate surface area is 100 Å². The van der Waals surface area contributed by atoms with Crippen molar-refractivity contribution in [1.82, 2.24) is 0 Å². The quantitative estimate of drug-likeness (QED) is 0.712. The van der Waals surface area contributed by atoms with Gasteiger partial charge in [-0.2, -0.15) is 0 Å². The fourth-order valence-corrected chi connectivity index (χ4v) is 2.38. The molecule has 0 radical (unpaired) electrons. The molecule has 0 bridgehead atoms. The number of rotatable bonds is 2. The molecule has 1 aliphatic carbocycles. The lowest BCUT2D eigenvalue weighted by atomic mass is 9.93. The molecule has 0 saturated heterocycles. The molecule has 1 aliphatic heterocycles. The van der Waals surface area contributed by atoms with E-state index < -0.39 is 0 Å². The Morgan fingerprint density at radius 3 is 2.76 bits per heavy atom. The van der Waals surface area contributed by atoms with Gasteiger partial charge in [-0.25, -0.2) is 0 Å². The van der Waals surface area contributed by atoms with Crippen molar-refractivity contribution in [2.24, 2.45) is 11.5 Å². The molecule has 3 rings (SSSR count). The first-order valence-corrected chi connectivity index (χ1v) is 6.06. The highest BCUT2D eigenvalue weighted by Crippen LogP contribution is 2.42. The van der Waals surface area contributed by atoms with Gasteiger partial charge in [-0.1, -0.05) is 12.1 Å². The van der Waals surface area contributed by atoms with Crippen molar-refractivity contribution >= 4 is 11.6 Å². The second-order valence-corrected chi connectivity index (χ2v) is 5.18. The molecule has 0 spiro atoms. The number of anilines is 1. The van der Waals surface area contributed by atoms with E-state index in [-0.39, 0.29) is 17.5 Å². The van der Waals surface area contributed by atoms with Crippen LogP contribution in [-0.4, -0.2) is 11.4 Å². The van der Waals surface area contributed by atoms with Crippen LogP contribution in [-0.2, 0) is 11.2 Å². The largest absolute Gasteiger partial charge is 0.326 e. The van der Waals surface area contributed by atoms with E-state index in [0.717, 1.165) is 30.5 Å². The minimum atomic E-state index is -0.202. The zero-order valence-corrected chi connectivity index (χ0v) is 9.70. The molecule has 1 saturated carbocycles. The van der Waals surface area contributed by atoms with E-state index in [1.54, 1.807) is 0 Å². The van der Waals surface area contributed by atoms with E-state index >= 15 is 0 Å². The number of amides is 1. The average Bonchev–Trinajstić information content (AvgIpc) is 3.07. The van der Waals surface area contributed by atoms with Gasteiger partial charge < -0.3 is 16.8 Å². The van der Waals surface area contributed by atoms with Crippen LogP contribution in [0.1, 0.15) is 36.4 Å². The molecule has 1 amide bonds. The van der Waals surface area contributed by atoms with Crippen LogP contribution in [0.15, 0.2) is 18.2 Å².